The number of aromatic nitrogens is 4. The van der Waals surface area contributed by atoms with Gasteiger partial charge in [-0.1, -0.05) is 30.3 Å². The van der Waals surface area contributed by atoms with E-state index in [0.717, 1.165) is 22.5 Å². The first kappa shape index (κ1) is 17.2. The van der Waals surface area contributed by atoms with E-state index in [1.807, 2.05) is 64.8 Å². The summed E-state index contributed by atoms with van der Waals surface area (Å²) in [4.78, 5) is 12.5. The van der Waals surface area contributed by atoms with Crippen LogP contribution in [0.2, 0.25) is 0 Å². The van der Waals surface area contributed by atoms with E-state index in [4.69, 9.17) is 0 Å². The van der Waals surface area contributed by atoms with Crippen molar-refractivity contribution in [3.05, 3.63) is 71.2 Å². The summed E-state index contributed by atoms with van der Waals surface area (Å²) in [5, 5.41) is 16.0. The number of benzene rings is 1. The number of hydrogen-bond acceptors (Lipinski definition) is 4. The summed E-state index contributed by atoms with van der Waals surface area (Å²) in [7, 11) is 1.78. The number of rotatable bonds is 6. The first-order chi connectivity index (χ1) is 13.2. The van der Waals surface area contributed by atoms with Crippen molar-refractivity contribution in [3.63, 3.8) is 0 Å². The number of carbonyl (C=O) groups is 1. The number of carbonyl (C=O) groups excluding carboxylic acids is 1. The normalized spacial score (nSPS) is 10.9. The van der Waals surface area contributed by atoms with Gasteiger partial charge < -0.3 is 5.32 Å². The van der Waals surface area contributed by atoms with Gasteiger partial charge in [0.1, 0.15) is 5.69 Å². The first-order valence-electron chi connectivity index (χ1n) is 8.64. The maximum Gasteiger partial charge on any atom is 0.269 e. The minimum absolute atomic E-state index is 0.141. The molecule has 1 aromatic carbocycles. The summed E-state index contributed by atoms with van der Waals surface area (Å²) >= 11 is 1.65. The molecule has 3 heterocycles. The van der Waals surface area contributed by atoms with Crippen LogP contribution in [0.4, 0.5) is 0 Å². The van der Waals surface area contributed by atoms with Crippen LogP contribution in [-0.2, 0) is 13.6 Å². The molecule has 1 N–H and O–H groups in total. The van der Waals surface area contributed by atoms with Crippen LogP contribution in [0.25, 0.3) is 22.5 Å². The smallest absolute Gasteiger partial charge is 0.269 e. The molecule has 0 spiro atoms. The van der Waals surface area contributed by atoms with E-state index in [1.54, 1.807) is 23.1 Å². The SMILES string of the molecule is Cn1nc(-c2ccccc2)cc1C(=O)NCCn1ccc(-c2ccsc2)n1. The third-order valence-corrected chi connectivity index (χ3v) is 4.95. The van der Waals surface area contributed by atoms with Crippen molar-refractivity contribution in [1.29, 1.82) is 0 Å². The van der Waals surface area contributed by atoms with Gasteiger partial charge in [-0.25, -0.2) is 0 Å². The summed E-state index contributed by atoms with van der Waals surface area (Å²) in [6, 6.07) is 15.7. The van der Waals surface area contributed by atoms with Gasteiger partial charge in [0.2, 0.25) is 0 Å². The molecule has 0 saturated carbocycles. The zero-order valence-electron chi connectivity index (χ0n) is 14.9. The van der Waals surface area contributed by atoms with Crippen molar-refractivity contribution in [2.75, 3.05) is 6.54 Å². The molecule has 3 aromatic heterocycles. The molecule has 0 bridgehead atoms. The van der Waals surface area contributed by atoms with E-state index >= 15 is 0 Å². The van der Waals surface area contributed by atoms with Gasteiger partial charge in [-0.05, 0) is 23.6 Å². The van der Waals surface area contributed by atoms with Crippen molar-refractivity contribution in [2.24, 2.45) is 7.05 Å². The Balaban J connectivity index is 1.37. The zero-order chi connectivity index (χ0) is 18.6. The van der Waals surface area contributed by atoms with Gasteiger partial charge >= 0.3 is 0 Å². The van der Waals surface area contributed by atoms with Crippen LogP contribution in [0.15, 0.2) is 65.5 Å². The molecule has 6 nitrogen and oxygen atoms in total. The molecular weight excluding hydrogens is 358 g/mol. The number of hydrogen-bond donors (Lipinski definition) is 1. The summed E-state index contributed by atoms with van der Waals surface area (Å²) in [5.74, 6) is -0.141. The van der Waals surface area contributed by atoms with Crippen LogP contribution in [0.5, 0.6) is 0 Å². The van der Waals surface area contributed by atoms with E-state index in [9.17, 15) is 4.79 Å². The minimum Gasteiger partial charge on any atom is -0.349 e. The topological polar surface area (TPSA) is 64.7 Å². The highest BCUT2D eigenvalue weighted by molar-refractivity contribution is 7.08. The van der Waals surface area contributed by atoms with Crippen molar-refractivity contribution in [3.8, 4) is 22.5 Å². The predicted octanol–water partition coefficient (Wildman–Crippen LogP) is 3.44. The molecule has 0 radical (unpaired) electrons. The monoisotopic (exact) mass is 377 g/mol. The maximum absolute atomic E-state index is 12.5. The van der Waals surface area contributed by atoms with Crippen LogP contribution >= 0.6 is 11.3 Å². The van der Waals surface area contributed by atoms with Crippen molar-refractivity contribution >= 4 is 17.2 Å². The third kappa shape index (κ3) is 3.83. The summed E-state index contributed by atoms with van der Waals surface area (Å²) in [6.07, 6.45) is 1.93. The van der Waals surface area contributed by atoms with E-state index in [0.29, 0.717) is 18.8 Å². The van der Waals surface area contributed by atoms with E-state index in [1.165, 1.54) is 0 Å². The molecule has 1 amide bonds. The van der Waals surface area contributed by atoms with E-state index in [-0.39, 0.29) is 5.91 Å². The molecule has 0 unspecified atom stereocenters. The first-order valence-corrected chi connectivity index (χ1v) is 9.59. The molecule has 0 atom stereocenters. The predicted molar refractivity (Wildman–Crippen MR) is 107 cm³/mol. The molecule has 0 saturated heterocycles. The molecule has 4 rings (SSSR count). The second-order valence-corrected chi connectivity index (χ2v) is 6.92. The lowest BCUT2D eigenvalue weighted by Crippen LogP contribution is -2.29. The molecule has 4 aromatic rings. The lowest BCUT2D eigenvalue weighted by molar-refractivity contribution is 0.0942. The quantitative estimate of drug-likeness (QED) is 0.560. The van der Waals surface area contributed by atoms with E-state index in [2.05, 4.69) is 20.9 Å². The van der Waals surface area contributed by atoms with Crippen LogP contribution in [-0.4, -0.2) is 32.0 Å². The lowest BCUT2D eigenvalue weighted by Gasteiger charge is -2.05. The van der Waals surface area contributed by atoms with Gasteiger partial charge in [-0.15, -0.1) is 0 Å². The van der Waals surface area contributed by atoms with Gasteiger partial charge in [0, 0.05) is 36.3 Å². The number of amides is 1. The molecular formula is C20H19N5OS. The number of aryl methyl sites for hydroxylation is 1. The highest BCUT2D eigenvalue weighted by Crippen LogP contribution is 2.20. The highest BCUT2D eigenvalue weighted by Gasteiger charge is 2.14. The van der Waals surface area contributed by atoms with Gasteiger partial charge in [0.15, 0.2) is 0 Å². The zero-order valence-corrected chi connectivity index (χ0v) is 15.7. The Bertz CT molecular complexity index is 1030. The van der Waals surface area contributed by atoms with Gasteiger partial charge in [0.25, 0.3) is 5.91 Å². The fourth-order valence-electron chi connectivity index (χ4n) is 2.85. The Labute approximate surface area is 161 Å². The Morgan fingerprint density at radius 3 is 2.70 bits per heavy atom. The Hall–Kier alpha value is -3.19. The van der Waals surface area contributed by atoms with Crippen LogP contribution in [0.1, 0.15) is 10.5 Å². The molecule has 136 valence electrons. The average Bonchev–Trinajstić information content (AvgIpc) is 3.43. The van der Waals surface area contributed by atoms with Crippen LogP contribution in [0.3, 0.4) is 0 Å². The van der Waals surface area contributed by atoms with Crippen LogP contribution in [0, 0.1) is 0 Å². The maximum atomic E-state index is 12.5. The Morgan fingerprint density at radius 1 is 1.07 bits per heavy atom. The molecule has 0 fully saturated rings. The molecule has 7 heteroatoms. The summed E-state index contributed by atoms with van der Waals surface area (Å²) in [6.45, 7) is 1.11. The fraction of sp³-hybridized carbons (Fsp3) is 0.150. The third-order valence-electron chi connectivity index (χ3n) is 4.27. The largest absolute Gasteiger partial charge is 0.349 e. The number of thiophene rings is 1. The minimum atomic E-state index is -0.141. The fourth-order valence-corrected chi connectivity index (χ4v) is 3.50. The lowest BCUT2D eigenvalue weighted by atomic mass is 10.1. The van der Waals surface area contributed by atoms with Crippen molar-refractivity contribution < 1.29 is 4.79 Å². The molecule has 0 aliphatic rings. The van der Waals surface area contributed by atoms with Gasteiger partial charge in [-0.2, -0.15) is 21.5 Å². The van der Waals surface area contributed by atoms with E-state index < -0.39 is 0 Å². The number of nitrogens with zero attached hydrogens (tertiary/aromatic N) is 4. The molecule has 0 aliphatic heterocycles. The molecule has 27 heavy (non-hydrogen) atoms. The van der Waals surface area contributed by atoms with Crippen molar-refractivity contribution in [1.82, 2.24) is 24.9 Å². The van der Waals surface area contributed by atoms with Crippen LogP contribution < -0.4 is 5.32 Å². The standard InChI is InChI=1S/C20H19N5OS/c1-24-19(13-18(22-24)15-5-3-2-4-6-15)20(26)21-9-11-25-10-7-17(23-25)16-8-12-27-14-16/h2-8,10,12-14H,9,11H2,1H3,(H,21,26). The second-order valence-electron chi connectivity index (χ2n) is 6.14. The Kier molecular flexibility index (Phi) is 4.84. The van der Waals surface area contributed by atoms with Crippen molar-refractivity contribution in [2.45, 2.75) is 6.54 Å². The second kappa shape index (κ2) is 7.59. The van der Waals surface area contributed by atoms with Gasteiger partial charge in [0.05, 0.1) is 17.9 Å². The summed E-state index contributed by atoms with van der Waals surface area (Å²) < 4.78 is 3.45. The number of nitrogens with one attached hydrogen (secondary N) is 1. The molecule has 0 aliphatic carbocycles. The highest BCUT2D eigenvalue weighted by atomic mass is 32.1. The summed E-state index contributed by atoms with van der Waals surface area (Å²) in [5.41, 5.74) is 4.38. The van der Waals surface area contributed by atoms with Gasteiger partial charge in [-0.3, -0.25) is 14.2 Å². The average molecular weight is 377 g/mol. The Morgan fingerprint density at radius 2 is 1.93 bits per heavy atom.